The fraction of sp³-hybridized carbons (Fsp3) is 0.808. The van der Waals surface area contributed by atoms with Crippen molar-refractivity contribution in [1.82, 2.24) is 5.32 Å². The second kappa shape index (κ2) is 15.3. The van der Waals surface area contributed by atoms with E-state index in [9.17, 15) is 19.5 Å². The van der Waals surface area contributed by atoms with E-state index in [1.54, 1.807) is 39.1 Å². The summed E-state index contributed by atoms with van der Waals surface area (Å²) in [4.78, 5) is 38.5. The smallest absolute Gasteiger partial charge is 0.367 e. The Balaban J connectivity index is 5.63. The zero-order valence-electron chi connectivity index (χ0n) is 23.3. The van der Waals surface area contributed by atoms with E-state index >= 15 is 0 Å². The minimum atomic E-state index is -1.15. The highest BCUT2D eigenvalue weighted by molar-refractivity contribution is 5.86. The van der Waals surface area contributed by atoms with Gasteiger partial charge in [0.1, 0.15) is 6.04 Å². The maximum Gasteiger partial charge on any atom is 0.367 e. The molecule has 204 valence electrons. The molecular weight excluding hydrogens is 450 g/mol. The van der Waals surface area contributed by atoms with Crippen LogP contribution in [0.1, 0.15) is 68.2 Å². The number of allylic oxidation sites excluding steroid dienone is 1. The Labute approximate surface area is 211 Å². The van der Waals surface area contributed by atoms with Gasteiger partial charge < -0.3 is 30.9 Å². The van der Waals surface area contributed by atoms with Crippen molar-refractivity contribution >= 4 is 17.7 Å². The van der Waals surface area contributed by atoms with E-state index < -0.39 is 53.7 Å². The Morgan fingerprint density at radius 2 is 1.69 bits per heavy atom. The van der Waals surface area contributed by atoms with Crippen molar-refractivity contribution < 1.29 is 34.3 Å². The van der Waals surface area contributed by atoms with Crippen LogP contribution >= 0.6 is 0 Å². The minimum absolute atomic E-state index is 0.131. The van der Waals surface area contributed by atoms with Gasteiger partial charge >= 0.3 is 5.97 Å². The van der Waals surface area contributed by atoms with E-state index in [2.05, 4.69) is 5.32 Å². The Hall–Kier alpha value is -1.81. The van der Waals surface area contributed by atoms with Gasteiger partial charge in [-0.1, -0.05) is 53.2 Å². The zero-order chi connectivity index (χ0) is 27.5. The van der Waals surface area contributed by atoms with Crippen molar-refractivity contribution in [1.29, 1.82) is 0 Å². The predicted molar refractivity (Wildman–Crippen MR) is 136 cm³/mol. The second-order valence-electron chi connectivity index (χ2n) is 10.3. The third-order valence-electron chi connectivity index (χ3n) is 6.67. The van der Waals surface area contributed by atoms with E-state index in [-0.39, 0.29) is 17.6 Å². The number of amides is 1. The van der Waals surface area contributed by atoms with Crippen LogP contribution in [-0.4, -0.2) is 72.9 Å². The summed E-state index contributed by atoms with van der Waals surface area (Å²) in [6.07, 6.45) is 3.37. The summed E-state index contributed by atoms with van der Waals surface area (Å²) < 4.78 is 10.3. The largest absolute Gasteiger partial charge is 0.464 e. The number of carbonyl (C=O) groups is 3. The van der Waals surface area contributed by atoms with Crippen LogP contribution in [0.25, 0.3) is 0 Å². The first-order chi connectivity index (χ1) is 16.2. The quantitative estimate of drug-likeness (QED) is 0.182. The molecule has 0 radical (unpaired) electrons. The van der Waals surface area contributed by atoms with Gasteiger partial charge in [-0.25, -0.2) is 4.79 Å². The Morgan fingerprint density at radius 1 is 1.11 bits per heavy atom. The summed E-state index contributed by atoms with van der Waals surface area (Å²) in [7, 11) is 2.86. The van der Waals surface area contributed by atoms with Crippen molar-refractivity contribution in [2.75, 3.05) is 14.2 Å². The zero-order valence-corrected chi connectivity index (χ0v) is 23.3. The maximum absolute atomic E-state index is 13.4. The summed E-state index contributed by atoms with van der Waals surface area (Å²) in [5, 5.41) is 15.8. The number of carbonyl (C=O) groups excluding carboxylic acids is 3. The molecule has 0 fully saturated rings. The number of esters is 1. The second-order valence-corrected chi connectivity index (χ2v) is 10.3. The number of aliphatic hydroxyl groups excluding tert-OH is 1. The lowest BCUT2D eigenvalue weighted by Crippen LogP contribution is -3.03. The number of nitrogens with one attached hydrogen (secondary N) is 1. The van der Waals surface area contributed by atoms with E-state index in [1.165, 1.54) is 14.2 Å². The number of ether oxygens (including phenoxy) is 2. The summed E-state index contributed by atoms with van der Waals surface area (Å²) in [6, 6.07) is -2.08. The minimum Gasteiger partial charge on any atom is -0.464 e. The normalized spacial score (nSPS) is 18.4. The van der Waals surface area contributed by atoms with E-state index in [0.717, 1.165) is 6.42 Å². The van der Waals surface area contributed by atoms with Gasteiger partial charge in [-0.15, -0.1) is 0 Å². The molecule has 6 N–H and O–H groups in total. The number of Topliss-reactive ketones (excluding diaryl/α,β-unsaturated/α-hetero) is 1. The number of hydrogen-bond acceptors (Lipinski definition) is 7. The molecule has 0 aromatic carbocycles. The fourth-order valence-electron chi connectivity index (χ4n) is 4.25. The molecule has 0 aromatic heterocycles. The first-order valence-electron chi connectivity index (χ1n) is 12.6. The standard InChI is InChI=1S/C26H49N3O6/c1-11-13-18(29-26(7,8)25(33)35-10)22(30)17(6)20(27)23(31)21(15(3)4)28-24(32)16(5)19(34-9)14-12-2/h12,14-21,23,29,31H,11,13,27H2,1-10H3,(H,28,32)/p+1. The van der Waals surface area contributed by atoms with Crippen LogP contribution < -0.4 is 16.4 Å². The van der Waals surface area contributed by atoms with Gasteiger partial charge in [-0.2, -0.15) is 0 Å². The Morgan fingerprint density at radius 3 is 2.11 bits per heavy atom. The molecule has 7 unspecified atom stereocenters. The summed E-state index contributed by atoms with van der Waals surface area (Å²) in [5.41, 5.74) is 5.46. The van der Waals surface area contributed by atoms with Gasteiger partial charge in [-0.05, 0) is 12.8 Å². The molecule has 9 nitrogen and oxygen atoms in total. The average Bonchev–Trinajstić information content (AvgIpc) is 2.81. The monoisotopic (exact) mass is 500 g/mol. The molecule has 0 saturated heterocycles. The lowest BCUT2D eigenvalue weighted by molar-refractivity contribution is -0.727. The number of nitrogens with two attached hydrogens (primary N) is 2. The molecule has 9 heteroatoms. The van der Waals surface area contributed by atoms with Gasteiger partial charge in [0.2, 0.25) is 5.91 Å². The molecule has 0 aliphatic rings. The van der Waals surface area contributed by atoms with Gasteiger partial charge in [0.05, 0.1) is 31.3 Å². The van der Waals surface area contributed by atoms with E-state index in [4.69, 9.17) is 15.2 Å². The molecule has 0 aliphatic carbocycles. The molecule has 0 aliphatic heterocycles. The van der Waals surface area contributed by atoms with Crippen LogP contribution in [0.4, 0.5) is 0 Å². The van der Waals surface area contributed by atoms with E-state index in [0.29, 0.717) is 6.42 Å². The lowest BCUT2D eigenvalue weighted by atomic mass is 9.83. The first-order valence-corrected chi connectivity index (χ1v) is 12.6. The highest BCUT2D eigenvalue weighted by atomic mass is 16.5. The van der Waals surface area contributed by atoms with E-state index in [1.807, 2.05) is 33.8 Å². The SMILES string of the molecule is CC=CC(OC)C(C)C(=O)NC(C(C)C)C(O)C(N)C(C)C(=O)C(CCC)[NH2+]C(C)(C)C(=O)OC. The number of rotatable bonds is 16. The summed E-state index contributed by atoms with van der Waals surface area (Å²) >= 11 is 0. The van der Waals surface area contributed by atoms with Crippen molar-refractivity contribution in [3.05, 3.63) is 12.2 Å². The third-order valence-corrected chi connectivity index (χ3v) is 6.67. The molecule has 35 heavy (non-hydrogen) atoms. The van der Waals surface area contributed by atoms with Gasteiger partial charge in [-0.3, -0.25) is 9.59 Å². The molecule has 0 heterocycles. The van der Waals surface area contributed by atoms with Crippen molar-refractivity contribution in [3.8, 4) is 0 Å². The van der Waals surface area contributed by atoms with Crippen LogP contribution in [0.15, 0.2) is 12.2 Å². The summed E-state index contributed by atoms with van der Waals surface area (Å²) in [5.74, 6) is -2.15. The van der Waals surface area contributed by atoms with Crippen LogP contribution in [0.5, 0.6) is 0 Å². The molecular formula is C26H50N3O6+. The highest BCUT2D eigenvalue weighted by Crippen LogP contribution is 2.18. The Bertz CT molecular complexity index is 709. The third kappa shape index (κ3) is 9.63. The van der Waals surface area contributed by atoms with Crippen LogP contribution in [0.3, 0.4) is 0 Å². The van der Waals surface area contributed by atoms with Crippen LogP contribution in [0, 0.1) is 17.8 Å². The van der Waals surface area contributed by atoms with Crippen molar-refractivity contribution in [2.24, 2.45) is 23.5 Å². The van der Waals surface area contributed by atoms with Gasteiger partial charge in [0.25, 0.3) is 0 Å². The molecule has 0 saturated carbocycles. The molecule has 0 spiro atoms. The number of methoxy groups -OCH3 is 2. The lowest BCUT2D eigenvalue weighted by Gasteiger charge is -2.35. The maximum atomic E-state index is 13.4. The molecule has 0 bridgehead atoms. The summed E-state index contributed by atoms with van der Waals surface area (Å²) in [6.45, 7) is 14.4. The van der Waals surface area contributed by atoms with Gasteiger partial charge in [0, 0.05) is 39.3 Å². The molecule has 0 rings (SSSR count). The van der Waals surface area contributed by atoms with Crippen molar-refractivity contribution in [3.63, 3.8) is 0 Å². The average molecular weight is 501 g/mol. The number of ketones is 1. The number of quaternary nitrogens is 1. The first kappa shape index (κ1) is 33.2. The topological polar surface area (TPSA) is 145 Å². The highest BCUT2D eigenvalue weighted by Gasteiger charge is 2.42. The van der Waals surface area contributed by atoms with Crippen LogP contribution in [0.2, 0.25) is 0 Å². The molecule has 7 atom stereocenters. The number of aliphatic hydroxyl groups is 1. The predicted octanol–water partition coefficient (Wildman–Crippen LogP) is 0.932. The van der Waals surface area contributed by atoms with Crippen LogP contribution in [-0.2, 0) is 23.9 Å². The van der Waals surface area contributed by atoms with Gasteiger partial charge in [0.15, 0.2) is 11.3 Å². The van der Waals surface area contributed by atoms with Crippen molar-refractivity contribution in [2.45, 2.75) is 104 Å². The number of hydrogen-bond donors (Lipinski definition) is 4. The molecule has 1 amide bonds. The molecule has 0 aromatic rings. The fourth-order valence-corrected chi connectivity index (χ4v) is 4.25. The Kier molecular flexibility index (Phi) is 14.5.